The highest BCUT2D eigenvalue weighted by Gasteiger charge is 2.15. The third kappa shape index (κ3) is 2.81. The Morgan fingerprint density at radius 1 is 1.14 bits per heavy atom. The molecule has 2 aromatic heterocycles. The predicted octanol–water partition coefficient (Wildman–Crippen LogP) is 3.43. The zero-order valence-corrected chi connectivity index (χ0v) is 12.6. The minimum atomic E-state index is -0.152. The van der Waals surface area contributed by atoms with Crippen molar-refractivity contribution in [2.24, 2.45) is 0 Å². The number of hydrogen-bond donors (Lipinski definition) is 1. The van der Waals surface area contributed by atoms with E-state index in [1.807, 2.05) is 62.4 Å². The first-order valence-corrected chi connectivity index (χ1v) is 7.23. The fourth-order valence-electron chi connectivity index (χ4n) is 2.48. The van der Waals surface area contributed by atoms with Crippen LogP contribution in [0.15, 0.2) is 54.7 Å². The van der Waals surface area contributed by atoms with E-state index in [2.05, 4.69) is 15.3 Å². The molecule has 4 heteroatoms. The summed E-state index contributed by atoms with van der Waals surface area (Å²) in [6.45, 7) is 3.82. The van der Waals surface area contributed by atoms with Crippen molar-refractivity contribution in [1.29, 1.82) is 0 Å². The van der Waals surface area contributed by atoms with Gasteiger partial charge in [0.2, 0.25) is 0 Å². The van der Waals surface area contributed by atoms with Crippen molar-refractivity contribution in [3.8, 4) is 0 Å². The molecule has 110 valence electrons. The largest absolute Gasteiger partial charge is 0.344 e. The number of hydrogen-bond acceptors (Lipinski definition) is 3. The molecule has 0 fully saturated rings. The molecule has 1 N–H and O–H groups in total. The topological polar surface area (TPSA) is 54.9 Å². The highest BCUT2D eigenvalue weighted by Crippen LogP contribution is 2.19. The minimum absolute atomic E-state index is 0.111. The first kappa shape index (κ1) is 14.2. The Morgan fingerprint density at radius 3 is 2.68 bits per heavy atom. The van der Waals surface area contributed by atoms with Crippen molar-refractivity contribution in [3.05, 3.63) is 71.7 Å². The summed E-state index contributed by atoms with van der Waals surface area (Å²) in [5.74, 6) is -0.111. The number of fused-ring (bicyclic) bond motifs is 1. The van der Waals surface area contributed by atoms with Gasteiger partial charge in [0.05, 0.1) is 22.8 Å². The smallest absolute Gasteiger partial charge is 0.252 e. The number of amides is 1. The van der Waals surface area contributed by atoms with E-state index in [4.69, 9.17) is 0 Å². The molecule has 1 aromatic carbocycles. The fraction of sp³-hybridized carbons (Fsp3) is 0.167. The molecule has 0 saturated carbocycles. The molecule has 0 aliphatic carbocycles. The van der Waals surface area contributed by atoms with Crippen LogP contribution in [0.1, 0.15) is 34.7 Å². The lowest BCUT2D eigenvalue weighted by Gasteiger charge is -2.14. The number of aryl methyl sites for hydroxylation is 1. The molecule has 0 aliphatic rings. The third-order valence-corrected chi connectivity index (χ3v) is 3.57. The van der Waals surface area contributed by atoms with Gasteiger partial charge in [-0.15, -0.1) is 0 Å². The van der Waals surface area contributed by atoms with E-state index < -0.39 is 0 Å². The van der Waals surface area contributed by atoms with Gasteiger partial charge in [0.1, 0.15) is 0 Å². The molecule has 3 aromatic rings. The molecule has 2 heterocycles. The maximum Gasteiger partial charge on any atom is 0.252 e. The standard InChI is InChI=1S/C18H17N3O/c1-12-11-15(14-7-3-4-9-17(14)20-12)18(22)21-13(2)16-8-5-6-10-19-16/h3-11,13H,1-2H3,(H,21,22)/t13-/m0/s1. The van der Waals surface area contributed by atoms with Crippen molar-refractivity contribution in [2.45, 2.75) is 19.9 Å². The van der Waals surface area contributed by atoms with E-state index in [1.165, 1.54) is 0 Å². The maximum absolute atomic E-state index is 12.6. The number of nitrogens with one attached hydrogen (secondary N) is 1. The zero-order chi connectivity index (χ0) is 15.5. The van der Waals surface area contributed by atoms with Gasteiger partial charge in [-0.3, -0.25) is 14.8 Å². The summed E-state index contributed by atoms with van der Waals surface area (Å²) in [5.41, 5.74) is 3.14. The van der Waals surface area contributed by atoms with Gasteiger partial charge in [0, 0.05) is 17.3 Å². The van der Waals surface area contributed by atoms with Gasteiger partial charge in [-0.2, -0.15) is 0 Å². The van der Waals surface area contributed by atoms with E-state index in [-0.39, 0.29) is 11.9 Å². The summed E-state index contributed by atoms with van der Waals surface area (Å²) < 4.78 is 0. The molecule has 3 rings (SSSR count). The molecule has 0 saturated heterocycles. The summed E-state index contributed by atoms with van der Waals surface area (Å²) in [6, 6.07) is 15.0. The third-order valence-electron chi connectivity index (χ3n) is 3.57. The van der Waals surface area contributed by atoms with Gasteiger partial charge in [0.15, 0.2) is 0 Å². The number of carbonyl (C=O) groups excluding carboxylic acids is 1. The Labute approximate surface area is 129 Å². The van der Waals surface area contributed by atoms with E-state index in [0.29, 0.717) is 5.56 Å². The average molecular weight is 291 g/mol. The number of benzene rings is 1. The molecule has 1 atom stereocenters. The quantitative estimate of drug-likeness (QED) is 0.804. The number of carbonyl (C=O) groups is 1. The number of pyridine rings is 2. The molecule has 22 heavy (non-hydrogen) atoms. The van der Waals surface area contributed by atoms with E-state index in [0.717, 1.165) is 22.3 Å². The van der Waals surface area contributed by atoms with Crippen molar-refractivity contribution in [2.75, 3.05) is 0 Å². The molecule has 1 amide bonds. The van der Waals surface area contributed by atoms with Crippen LogP contribution >= 0.6 is 0 Å². The molecule has 4 nitrogen and oxygen atoms in total. The van der Waals surface area contributed by atoms with Crippen LogP contribution in [0.2, 0.25) is 0 Å². The maximum atomic E-state index is 12.6. The van der Waals surface area contributed by atoms with E-state index in [9.17, 15) is 4.79 Å². The van der Waals surface area contributed by atoms with Crippen LogP contribution in [0.5, 0.6) is 0 Å². The molecule has 0 aliphatic heterocycles. The second-order valence-electron chi connectivity index (χ2n) is 5.28. The van der Waals surface area contributed by atoms with Crippen LogP contribution in [0.3, 0.4) is 0 Å². The molecule has 0 unspecified atom stereocenters. The number of nitrogens with zero attached hydrogens (tertiary/aromatic N) is 2. The van der Waals surface area contributed by atoms with Crippen molar-refractivity contribution in [3.63, 3.8) is 0 Å². The predicted molar refractivity (Wildman–Crippen MR) is 86.6 cm³/mol. The summed E-state index contributed by atoms with van der Waals surface area (Å²) >= 11 is 0. The molecular weight excluding hydrogens is 274 g/mol. The zero-order valence-electron chi connectivity index (χ0n) is 12.6. The lowest BCUT2D eigenvalue weighted by atomic mass is 10.1. The van der Waals surface area contributed by atoms with Crippen molar-refractivity contribution >= 4 is 16.8 Å². The monoisotopic (exact) mass is 291 g/mol. The van der Waals surface area contributed by atoms with Crippen molar-refractivity contribution in [1.82, 2.24) is 15.3 Å². The Bertz CT molecular complexity index is 815. The molecule has 0 spiro atoms. The van der Waals surface area contributed by atoms with Crippen LogP contribution in [-0.4, -0.2) is 15.9 Å². The Balaban J connectivity index is 1.93. The summed E-state index contributed by atoms with van der Waals surface area (Å²) in [7, 11) is 0. The summed E-state index contributed by atoms with van der Waals surface area (Å²) in [6.07, 6.45) is 1.73. The van der Waals surface area contributed by atoms with Crippen LogP contribution in [0.25, 0.3) is 10.9 Å². The van der Waals surface area contributed by atoms with Gasteiger partial charge in [-0.05, 0) is 38.1 Å². The van der Waals surface area contributed by atoms with Gasteiger partial charge in [-0.25, -0.2) is 0 Å². The van der Waals surface area contributed by atoms with Crippen LogP contribution in [0, 0.1) is 6.92 Å². The Kier molecular flexibility index (Phi) is 3.83. The molecule has 0 radical (unpaired) electrons. The number of para-hydroxylation sites is 1. The number of aromatic nitrogens is 2. The van der Waals surface area contributed by atoms with Gasteiger partial charge < -0.3 is 5.32 Å². The average Bonchev–Trinajstić information content (AvgIpc) is 2.54. The van der Waals surface area contributed by atoms with Gasteiger partial charge >= 0.3 is 0 Å². The van der Waals surface area contributed by atoms with Crippen molar-refractivity contribution < 1.29 is 4.79 Å². The van der Waals surface area contributed by atoms with E-state index in [1.54, 1.807) is 6.20 Å². The molecule has 0 bridgehead atoms. The Hall–Kier alpha value is -2.75. The van der Waals surface area contributed by atoms with Gasteiger partial charge in [0.25, 0.3) is 5.91 Å². The second kappa shape index (κ2) is 5.93. The van der Waals surface area contributed by atoms with Crippen LogP contribution in [-0.2, 0) is 0 Å². The second-order valence-corrected chi connectivity index (χ2v) is 5.28. The van der Waals surface area contributed by atoms with Crippen LogP contribution in [0.4, 0.5) is 0 Å². The van der Waals surface area contributed by atoms with Gasteiger partial charge in [-0.1, -0.05) is 24.3 Å². The fourth-order valence-corrected chi connectivity index (χ4v) is 2.48. The first-order valence-electron chi connectivity index (χ1n) is 7.23. The van der Waals surface area contributed by atoms with Crippen LogP contribution < -0.4 is 5.32 Å². The van der Waals surface area contributed by atoms with E-state index >= 15 is 0 Å². The highest BCUT2D eigenvalue weighted by molar-refractivity contribution is 6.06. The lowest BCUT2D eigenvalue weighted by Crippen LogP contribution is -2.27. The lowest BCUT2D eigenvalue weighted by molar-refractivity contribution is 0.0940. The normalized spacial score (nSPS) is 12.1. The number of rotatable bonds is 3. The minimum Gasteiger partial charge on any atom is -0.344 e. The Morgan fingerprint density at radius 2 is 1.91 bits per heavy atom. The first-order chi connectivity index (χ1) is 10.6. The summed E-state index contributed by atoms with van der Waals surface area (Å²) in [4.78, 5) is 21.4. The summed E-state index contributed by atoms with van der Waals surface area (Å²) in [5, 5.41) is 3.86. The highest BCUT2D eigenvalue weighted by atomic mass is 16.1. The SMILES string of the molecule is Cc1cc(C(=O)N[C@@H](C)c2ccccn2)c2ccccc2n1. The molecular formula is C18H17N3O.